The third-order valence-corrected chi connectivity index (χ3v) is 2.69. The van der Waals surface area contributed by atoms with Gasteiger partial charge in [0, 0.05) is 29.5 Å². The number of imidazole rings is 1. The number of H-pyrrole nitrogens is 1. The number of nitrogens with zero attached hydrogens (tertiary/aromatic N) is 1. The Morgan fingerprint density at radius 1 is 1.15 bits per heavy atom. The second-order valence-corrected chi connectivity index (χ2v) is 5.61. The summed E-state index contributed by atoms with van der Waals surface area (Å²) in [6.45, 7) is 6.61. The molecule has 108 valence electrons. The van der Waals surface area contributed by atoms with Gasteiger partial charge in [-0.25, -0.2) is 18.2 Å². The molecule has 0 aliphatic heterocycles. The first kappa shape index (κ1) is 14.6. The number of hydrogen-bond donors (Lipinski definition) is 2. The predicted octanol–water partition coefficient (Wildman–Crippen LogP) is 3.38. The van der Waals surface area contributed by atoms with Crippen molar-refractivity contribution < 1.29 is 13.2 Å². The molecular weight excluding hydrogens is 267 g/mol. The van der Waals surface area contributed by atoms with Gasteiger partial charge in [-0.3, -0.25) is 0 Å². The largest absolute Gasteiger partial charge is 0.341 e. The zero-order chi connectivity index (χ0) is 14.9. The standard InChI is InChI=1S/C14H16F3N3/c1-14(2,3)19-7-9-6-18-13(20-9)8-4-10(15)12(17)11(16)5-8/h4-6,19H,7H2,1-3H3,(H,18,20). The van der Waals surface area contributed by atoms with E-state index in [1.54, 1.807) is 6.20 Å². The number of rotatable bonds is 3. The first-order valence-electron chi connectivity index (χ1n) is 6.20. The average Bonchev–Trinajstić information content (AvgIpc) is 2.81. The maximum absolute atomic E-state index is 13.2. The van der Waals surface area contributed by atoms with Gasteiger partial charge in [-0.15, -0.1) is 0 Å². The van der Waals surface area contributed by atoms with E-state index < -0.39 is 17.5 Å². The molecule has 2 N–H and O–H groups in total. The Balaban J connectivity index is 2.21. The third kappa shape index (κ3) is 3.39. The molecule has 1 aromatic carbocycles. The van der Waals surface area contributed by atoms with E-state index in [0.717, 1.165) is 17.8 Å². The van der Waals surface area contributed by atoms with Crippen LogP contribution in [0.1, 0.15) is 26.5 Å². The van der Waals surface area contributed by atoms with Crippen LogP contribution < -0.4 is 5.32 Å². The van der Waals surface area contributed by atoms with Crippen molar-refractivity contribution in [3.63, 3.8) is 0 Å². The number of benzene rings is 1. The number of aromatic amines is 1. The second kappa shape index (κ2) is 5.28. The fraction of sp³-hybridized carbons (Fsp3) is 0.357. The summed E-state index contributed by atoms with van der Waals surface area (Å²) in [4.78, 5) is 6.99. The maximum Gasteiger partial charge on any atom is 0.194 e. The van der Waals surface area contributed by atoms with E-state index in [0.29, 0.717) is 12.4 Å². The monoisotopic (exact) mass is 283 g/mol. The van der Waals surface area contributed by atoms with Gasteiger partial charge in [-0.1, -0.05) is 0 Å². The molecule has 2 aromatic rings. The summed E-state index contributed by atoms with van der Waals surface area (Å²) in [5, 5.41) is 3.26. The van der Waals surface area contributed by atoms with Gasteiger partial charge in [0.05, 0.1) is 0 Å². The molecule has 20 heavy (non-hydrogen) atoms. The van der Waals surface area contributed by atoms with Gasteiger partial charge in [0.15, 0.2) is 17.5 Å². The van der Waals surface area contributed by atoms with E-state index in [1.807, 2.05) is 20.8 Å². The van der Waals surface area contributed by atoms with E-state index >= 15 is 0 Å². The van der Waals surface area contributed by atoms with Gasteiger partial charge in [-0.2, -0.15) is 0 Å². The summed E-state index contributed by atoms with van der Waals surface area (Å²) < 4.78 is 39.2. The lowest BCUT2D eigenvalue weighted by molar-refractivity contribution is 0.422. The molecule has 3 nitrogen and oxygen atoms in total. The topological polar surface area (TPSA) is 40.7 Å². The van der Waals surface area contributed by atoms with Crippen molar-refractivity contribution in [2.45, 2.75) is 32.9 Å². The molecular formula is C14H16F3N3. The van der Waals surface area contributed by atoms with Gasteiger partial charge in [0.25, 0.3) is 0 Å². The van der Waals surface area contributed by atoms with Crippen molar-refractivity contribution in [2.24, 2.45) is 0 Å². The van der Waals surface area contributed by atoms with E-state index in [2.05, 4.69) is 15.3 Å². The molecule has 0 amide bonds. The van der Waals surface area contributed by atoms with Crippen molar-refractivity contribution >= 4 is 0 Å². The Labute approximate surface area is 115 Å². The molecule has 6 heteroatoms. The molecule has 1 heterocycles. The summed E-state index contributed by atoms with van der Waals surface area (Å²) in [6.07, 6.45) is 1.58. The van der Waals surface area contributed by atoms with E-state index in [4.69, 9.17) is 0 Å². The summed E-state index contributed by atoms with van der Waals surface area (Å²) in [5.41, 5.74) is 0.891. The molecule has 0 aliphatic carbocycles. The number of nitrogens with one attached hydrogen (secondary N) is 2. The summed E-state index contributed by atoms with van der Waals surface area (Å²) in [6, 6.07) is 1.83. The SMILES string of the molecule is CC(C)(C)NCc1cnc(-c2cc(F)c(F)c(F)c2)[nH]1. The van der Waals surface area contributed by atoms with E-state index in [1.165, 1.54) is 0 Å². The lowest BCUT2D eigenvalue weighted by atomic mass is 10.1. The van der Waals surface area contributed by atoms with Gasteiger partial charge >= 0.3 is 0 Å². The number of hydrogen-bond acceptors (Lipinski definition) is 2. The maximum atomic E-state index is 13.2. The molecule has 0 fully saturated rings. The molecule has 0 radical (unpaired) electrons. The molecule has 0 bridgehead atoms. The molecule has 1 aromatic heterocycles. The smallest absolute Gasteiger partial charge is 0.194 e. The highest BCUT2D eigenvalue weighted by atomic mass is 19.2. The predicted molar refractivity (Wildman–Crippen MR) is 70.5 cm³/mol. The molecule has 0 saturated heterocycles. The zero-order valence-corrected chi connectivity index (χ0v) is 11.5. The van der Waals surface area contributed by atoms with Crippen LogP contribution in [0.4, 0.5) is 13.2 Å². The van der Waals surface area contributed by atoms with Crippen molar-refractivity contribution in [3.8, 4) is 11.4 Å². The van der Waals surface area contributed by atoms with Gasteiger partial charge < -0.3 is 10.3 Å². The summed E-state index contributed by atoms with van der Waals surface area (Å²) in [7, 11) is 0. The molecule has 0 atom stereocenters. The summed E-state index contributed by atoms with van der Waals surface area (Å²) in [5.74, 6) is -3.64. The van der Waals surface area contributed by atoms with Gasteiger partial charge in [0.1, 0.15) is 5.82 Å². The Hall–Kier alpha value is -1.82. The van der Waals surface area contributed by atoms with Crippen LogP contribution in [0.25, 0.3) is 11.4 Å². The Morgan fingerprint density at radius 3 is 2.30 bits per heavy atom. The summed E-state index contributed by atoms with van der Waals surface area (Å²) >= 11 is 0. The Bertz CT molecular complexity index is 591. The van der Waals surface area contributed by atoms with Crippen molar-refractivity contribution in [2.75, 3.05) is 0 Å². The fourth-order valence-electron chi connectivity index (χ4n) is 1.65. The molecule has 2 rings (SSSR count). The van der Waals surface area contributed by atoms with Crippen LogP contribution in [0.2, 0.25) is 0 Å². The second-order valence-electron chi connectivity index (χ2n) is 5.61. The number of halogens is 3. The fourth-order valence-corrected chi connectivity index (χ4v) is 1.65. The van der Waals surface area contributed by atoms with Crippen LogP contribution in [0.3, 0.4) is 0 Å². The van der Waals surface area contributed by atoms with Crippen LogP contribution >= 0.6 is 0 Å². The van der Waals surface area contributed by atoms with Crippen LogP contribution in [-0.2, 0) is 6.54 Å². The lowest BCUT2D eigenvalue weighted by Gasteiger charge is -2.19. The van der Waals surface area contributed by atoms with Crippen LogP contribution in [0.5, 0.6) is 0 Å². The highest BCUT2D eigenvalue weighted by Crippen LogP contribution is 2.21. The third-order valence-electron chi connectivity index (χ3n) is 2.69. The normalized spacial score (nSPS) is 11.9. The zero-order valence-electron chi connectivity index (χ0n) is 11.5. The quantitative estimate of drug-likeness (QED) is 0.848. The van der Waals surface area contributed by atoms with Crippen LogP contribution in [-0.4, -0.2) is 15.5 Å². The Morgan fingerprint density at radius 2 is 1.75 bits per heavy atom. The average molecular weight is 283 g/mol. The number of aromatic nitrogens is 2. The Kier molecular flexibility index (Phi) is 3.85. The minimum Gasteiger partial charge on any atom is -0.341 e. The molecule has 0 unspecified atom stereocenters. The van der Waals surface area contributed by atoms with Crippen LogP contribution in [0.15, 0.2) is 18.3 Å². The first-order valence-corrected chi connectivity index (χ1v) is 6.20. The van der Waals surface area contributed by atoms with Crippen molar-refractivity contribution in [1.29, 1.82) is 0 Å². The highest BCUT2D eigenvalue weighted by molar-refractivity contribution is 5.55. The van der Waals surface area contributed by atoms with Gasteiger partial charge in [-0.05, 0) is 32.9 Å². The minimum absolute atomic E-state index is 0.0562. The van der Waals surface area contributed by atoms with Crippen molar-refractivity contribution in [1.82, 2.24) is 15.3 Å². The minimum atomic E-state index is -1.48. The molecule has 0 aliphatic rings. The first-order chi connectivity index (χ1) is 9.26. The molecule has 0 spiro atoms. The molecule has 0 saturated carbocycles. The van der Waals surface area contributed by atoms with E-state index in [-0.39, 0.29) is 11.1 Å². The lowest BCUT2D eigenvalue weighted by Crippen LogP contribution is -2.35. The van der Waals surface area contributed by atoms with E-state index in [9.17, 15) is 13.2 Å². The van der Waals surface area contributed by atoms with Crippen LogP contribution in [0, 0.1) is 17.5 Å². The highest BCUT2D eigenvalue weighted by Gasteiger charge is 2.14. The van der Waals surface area contributed by atoms with Gasteiger partial charge in [0.2, 0.25) is 0 Å². The van der Waals surface area contributed by atoms with Crippen molar-refractivity contribution in [3.05, 3.63) is 41.5 Å².